The second-order valence-electron chi connectivity index (χ2n) is 7.13. The lowest BCUT2D eigenvalue weighted by atomic mass is 9.97. The fourth-order valence-corrected chi connectivity index (χ4v) is 4.50. The van der Waals surface area contributed by atoms with Crippen LogP contribution in [0.25, 0.3) is 0 Å². The Balaban J connectivity index is 1.60. The van der Waals surface area contributed by atoms with Gasteiger partial charge in [-0.15, -0.1) is 0 Å². The molecule has 0 saturated heterocycles. The normalized spacial score (nSPS) is 14.0. The van der Waals surface area contributed by atoms with Gasteiger partial charge in [0, 0.05) is 36.9 Å². The van der Waals surface area contributed by atoms with E-state index in [1.54, 1.807) is 12.1 Å². The van der Waals surface area contributed by atoms with Crippen LogP contribution < -0.4 is 0 Å². The molecule has 1 aliphatic rings. The van der Waals surface area contributed by atoms with E-state index in [0.717, 1.165) is 36.1 Å². The number of aryl methyl sites for hydroxylation is 1. The summed E-state index contributed by atoms with van der Waals surface area (Å²) in [6, 6.07) is 3.30. The van der Waals surface area contributed by atoms with Crippen molar-refractivity contribution in [2.24, 2.45) is 0 Å². The summed E-state index contributed by atoms with van der Waals surface area (Å²) >= 11 is 12.4. The van der Waals surface area contributed by atoms with Gasteiger partial charge in [0.05, 0.1) is 14.9 Å². The van der Waals surface area contributed by atoms with E-state index < -0.39 is 15.6 Å². The van der Waals surface area contributed by atoms with Crippen LogP contribution in [0, 0.1) is 0 Å². The number of fused-ring (bicyclic) bond motifs is 1. The van der Waals surface area contributed by atoms with Crippen LogP contribution in [0.5, 0.6) is 11.5 Å². The van der Waals surface area contributed by atoms with Gasteiger partial charge in [0.25, 0.3) is 0 Å². The Morgan fingerprint density at radius 1 is 1.21 bits per heavy atom. The number of aromatic nitrogens is 1. The Bertz CT molecular complexity index is 1050. The number of phenolic OH excluding ortho intramolecular Hbond substituents is 2. The highest BCUT2D eigenvalue weighted by Gasteiger charge is 2.27. The molecule has 1 aliphatic heterocycles. The molecule has 0 radical (unpaired) electrons. The average molecular weight is 457 g/mol. The summed E-state index contributed by atoms with van der Waals surface area (Å²) in [7, 11) is -3.24. The number of benzene rings is 1. The Morgan fingerprint density at radius 2 is 1.86 bits per heavy atom. The summed E-state index contributed by atoms with van der Waals surface area (Å²) < 4.78 is 23.0. The number of hydrogen-bond acceptors (Lipinski definition) is 6. The van der Waals surface area contributed by atoms with Gasteiger partial charge in [0.15, 0.2) is 21.3 Å². The van der Waals surface area contributed by atoms with Crippen LogP contribution in [-0.4, -0.2) is 41.3 Å². The molecular formula is C20H22Cl2N2O4S. The Kier molecular flexibility index (Phi) is 6.31. The van der Waals surface area contributed by atoms with Crippen LogP contribution in [0.3, 0.4) is 0 Å². The molecule has 1 aromatic heterocycles. The van der Waals surface area contributed by atoms with E-state index in [-0.39, 0.29) is 20.7 Å². The minimum absolute atomic E-state index is 0.120. The molecule has 0 spiro atoms. The molecule has 156 valence electrons. The third-order valence-corrected chi connectivity index (χ3v) is 7.00. The molecule has 29 heavy (non-hydrogen) atoms. The van der Waals surface area contributed by atoms with Gasteiger partial charge in [0.2, 0.25) is 0 Å². The van der Waals surface area contributed by atoms with E-state index in [2.05, 4.69) is 16.5 Å². The Morgan fingerprint density at radius 3 is 2.45 bits per heavy atom. The number of pyridine rings is 1. The van der Waals surface area contributed by atoms with Gasteiger partial charge < -0.3 is 15.1 Å². The van der Waals surface area contributed by atoms with Gasteiger partial charge in [-0.3, -0.25) is 4.98 Å². The highest BCUT2D eigenvalue weighted by atomic mass is 35.5. The second kappa shape index (κ2) is 8.42. The van der Waals surface area contributed by atoms with Gasteiger partial charge in [-0.05, 0) is 48.9 Å². The molecule has 0 aliphatic carbocycles. The van der Waals surface area contributed by atoms with Crippen LogP contribution in [-0.2, 0) is 29.2 Å². The lowest BCUT2D eigenvalue weighted by Crippen LogP contribution is -2.30. The number of rotatable bonds is 6. The summed E-state index contributed by atoms with van der Waals surface area (Å²) in [4.78, 5) is 6.51. The first-order chi connectivity index (χ1) is 13.6. The van der Waals surface area contributed by atoms with E-state index in [4.69, 9.17) is 23.2 Å². The smallest absolute Gasteiger partial charge is 0.178 e. The van der Waals surface area contributed by atoms with E-state index in [1.807, 2.05) is 0 Å². The predicted molar refractivity (Wildman–Crippen MR) is 113 cm³/mol. The first-order valence-electron chi connectivity index (χ1n) is 9.08. The average Bonchev–Trinajstić information content (AvgIpc) is 2.69. The van der Waals surface area contributed by atoms with Gasteiger partial charge in [-0.25, -0.2) is 8.42 Å². The molecule has 0 atom stereocenters. The zero-order chi connectivity index (χ0) is 21.3. The number of phenols is 2. The van der Waals surface area contributed by atoms with Crippen LogP contribution in [0.1, 0.15) is 29.7 Å². The number of hydrogen-bond donors (Lipinski definition) is 2. The number of aromatic hydroxyl groups is 2. The third kappa shape index (κ3) is 4.63. The van der Waals surface area contributed by atoms with Crippen molar-refractivity contribution in [3.63, 3.8) is 0 Å². The summed E-state index contributed by atoms with van der Waals surface area (Å²) in [6.07, 6.45) is 5.38. The second-order valence-corrected chi connectivity index (χ2v) is 9.90. The van der Waals surface area contributed by atoms with Crippen LogP contribution in [0.15, 0.2) is 35.5 Å². The van der Waals surface area contributed by atoms with Crippen LogP contribution in [0.2, 0.25) is 10.0 Å². The van der Waals surface area contributed by atoms with Crippen molar-refractivity contribution >= 4 is 33.0 Å². The van der Waals surface area contributed by atoms with E-state index in [1.165, 1.54) is 6.20 Å². The third-order valence-electron chi connectivity index (χ3n) is 5.09. The topological polar surface area (TPSA) is 90.7 Å². The molecule has 0 bridgehead atoms. The van der Waals surface area contributed by atoms with Crippen molar-refractivity contribution in [2.75, 3.05) is 12.8 Å². The predicted octanol–water partition coefficient (Wildman–Crippen LogP) is 4.10. The largest absolute Gasteiger partial charge is 0.503 e. The summed E-state index contributed by atoms with van der Waals surface area (Å²) in [5.41, 5.74) is 3.22. The fraction of sp³-hybridized carbons (Fsp3) is 0.350. The zero-order valence-electron chi connectivity index (χ0n) is 16.0. The number of halogens is 2. The maximum atomic E-state index is 11.5. The Labute approximate surface area is 180 Å². The van der Waals surface area contributed by atoms with Crippen molar-refractivity contribution < 1.29 is 18.6 Å². The molecule has 9 heteroatoms. The standard InChI is InChI=1S/C20H22Cl2N2O4S/c1-12(4-3-5-13-6-7-14(10-23-13)29(2,27)28)24-9-8-15-16(11-24)18(22)20(26)19(25)17(15)21/h6-7,10,25-26H,1,3-5,8-9,11H2,2H3. The maximum absolute atomic E-state index is 11.5. The highest BCUT2D eigenvalue weighted by molar-refractivity contribution is 7.90. The quantitative estimate of drug-likeness (QED) is 0.635. The van der Waals surface area contributed by atoms with Crippen molar-refractivity contribution in [3.8, 4) is 11.5 Å². The van der Waals surface area contributed by atoms with Crippen LogP contribution in [0.4, 0.5) is 0 Å². The lowest BCUT2D eigenvalue weighted by Gasteiger charge is -2.33. The van der Waals surface area contributed by atoms with Gasteiger partial charge in [-0.2, -0.15) is 0 Å². The van der Waals surface area contributed by atoms with Gasteiger partial charge in [0.1, 0.15) is 0 Å². The SMILES string of the molecule is C=C(CCCc1ccc(S(C)(=O)=O)cn1)N1CCc2c(Cl)c(O)c(O)c(Cl)c2C1. The van der Waals surface area contributed by atoms with Crippen molar-refractivity contribution in [1.29, 1.82) is 0 Å². The first-order valence-corrected chi connectivity index (χ1v) is 11.7. The number of sulfone groups is 1. The molecule has 0 amide bonds. The summed E-state index contributed by atoms with van der Waals surface area (Å²) in [5.74, 6) is -0.774. The molecule has 2 aromatic rings. The molecule has 2 N–H and O–H groups in total. The van der Waals surface area contributed by atoms with Gasteiger partial charge in [-0.1, -0.05) is 29.8 Å². The Hall–Kier alpha value is -1.96. The molecular weight excluding hydrogens is 435 g/mol. The minimum atomic E-state index is -3.24. The van der Waals surface area contributed by atoms with Crippen molar-refractivity contribution in [3.05, 3.63) is 57.5 Å². The highest BCUT2D eigenvalue weighted by Crippen LogP contribution is 2.46. The molecule has 0 saturated carbocycles. The maximum Gasteiger partial charge on any atom is 0.178 e. The van der Waals surface area contributed by atoms with Crippen molar-refractivity contribution in [1.82, 2.24) is 9.88 Å². The molecule has 1 aromatic carbocycles. The minimum Gasteiger partial charge on any atom is -0.503 e. The molecule has 2 heterocycles. The lowest BCUT2D eigenvalue weighted by molar-refractivity contribution is 0.308. The van der Waals surface area contributed by atoms with E-state index in [0.29, 0.717) is 31.5 Å². The molecule has 0 unspecified atom stereocenters. The monoisotopic (exact) mass is 456 g/mol. The van der Waals surface area contributed by atoms with Gasteiger partial charge >= 0.3 is 0 Å². The molecule has 0 fully saturated rings. The number of allylic oxidation sites excluding steroid dienone is 1. The number of nitrogens with zero attached hydrogens (tertiary/aromatic N) is 2. The van der Waals surface area contributed by atoms with E-state index >= 15 is 0 Å². The molecule has 6 nitrogen and oxygen atoms in total. The summed E-state index contributed by atoms with van der Waals surface area (Å²) in [6.45, 7) is 5.31. The summed E-state index contributed by atoms with van der Waals surface area (Å²) in [5, 5.41) is 20.1. The first kappa shape index (κ1) is 21.7. The van der Waals surface area contributed by atoms with Crippen molar-refractivity contribution in [2.45, 2.75) is 37.1 Å². The fourth-order valence-electron chi connectivity index (χ4n) is 3.38. The zero-order valence-corrected chi connectivity index (χ0v) is 18.3. The van der Waals surface area contributed by atoms with E-state index in [9.17, 15) is 18.6 Å². The van der Waals surface area contributed by atoms with Crippen LogP contribution >= 0.6 is 23.2 Å². The molecule has 3 rings (SSSR count).